The second kappa shape index (κ2) is 23.9. The number of nitrogens with one attached hydrogen (secondary N) is 1. The predicted molar refractivity (Wildman–Crippen MR) is 201 cm³/mol. The number of carbonyl (C=O) groups is 1. The molecule has 7 N–H and O–H groups in total. The molecular weight excluding hydrogens is 690 g/mol. The second-order valence-corrected chi connectivity index (χ2v) is 15.3. The topological polar surface area (TPSA) is 203 Å². The van der Waals surface area contributed by atoms with Gasteiger partial charge in [-0.05, 0) is 52.4 Å². The summed E-state index contributed by atoms with van der Waals surface area (Å²) in [4.78, 5) is 18.8. The fourth-order valence-electron chi connectivity index (χ4n) is 6.24. The Hall–Kier alpha value is -1.09. The highest BCUT2D eigenvalue weighted by Gasteiger charge is 2.48. The zero-order valence-corrected chi connectivity index (χ0v) is 34.4. The van der Waals surface area contributed by atoms with Gasteiger partial charge in [0.25, 0.3) is 0 Å². The lowest BCUT2D eigenvalue weighted by Crippen LogP contribution is -2.62. The molecule has 0 saturated carbocycles. The number of hydroxylamine groups is 2. The fraction of sp³-hybridized carbons (Fsp3) is 0.973. The minimum atomic E-state index is -0.940. The molecule has 2 rings (SSSR count). The number of hydrogen-bond acceptors (Lipinski definition) is 15. The van der Waals surface area contributed by atoms with Crippen LogP contribution in [0.4, 0.5) is 0 Å². The molecule has 0 spiro atoms. The van der Waals surface area contributed by atoms with Crippen LogP contribution in [0.2, 0.25) is 0 Å². The summed E-state index contributed by atoms with van der Waals surface area (Å²) in [6.07, 6.45) is -1.43. The van der Waals surface area contributed by atoms with Crippen molar-refractivity contribution in [3.05, 3.63) is 0 Å². The minimum Gasteiger partial charge on any atom is -0.378 e. The summed E-state index contributed by atoms with van der Waals surface area (Å²) in [6, 6.07) is -0.855. The van der Waals surface area contributed by atoms with Crippen LogP contribution >= 0.6 is 0 Å². The highest BCUT2D eigenvalue weighted by Crippen LogP contribution is 2.38. The molecule has 0 bridgehead atoms. The Morgan fingerprint density at radius 1 is 0.755 bits per heavy atom. The van der Waals surface area contributed by atoms with E-state index in [4.69, 9.17) is 64.7 Å². The number of nitrogens with two attached hydrogens (primary N) is 3. The second-order valence-electron chi connectivity index (χ2n) is 15.3. The van der Waals surface area contributed by atoms with Crippen LogP contribution < -0.4 is 22.5 Å². The van der Waals surface area contributed by atoms with Gasteiger partial charge in [0.05, 0.1) is 77.1 Å². The Bertz CT molecular complexity index is 1010. The van der Waals surface area contributed by atoms with Crippen LogP contribution in [-0.4, -0.2) is 150 Å². The van der Waals surface area contributed by atoms with Crippen LogP contribution in [0.25, 0.3) is 0 Å². The Kier molecular flexibility index (Phi) is 21.6. The number of ether oxygens (including phenoxy) is 9. The highest BCUT2D eigenvalue weighted by molar-refractivity contribution is 5.73. The molecule has 16 nitrogen and oxygen atoms in total. The molecule has 0 aliphatic carbocycles. The van der Waals surface area contributed by atoms with Crippen LogP contribution in [0.3, 0.4) is 0 Å². The van der Waals surface area contributed by atoms with Crippen molar-refractivity contribution in [1.29, 1.82) is 0 Å². The predicted octanol–water partition coefficient (Wildman–Crippen LogP) is 2.04. The summed E-state index contributed by atoms with van der Waals surface area (Å²) in [5.74, 6) is -2.02. The molecule has 16 heteroatoms. The van der Waals surface area contributed by atoms with Gasteiger partial charge in [-0.2, -0.15) is 5.06 Å². The van der Waals surface area contributed by atoms with Crippen molar-refractivity contribution < 1.29 is 52.3 Å². The average molecular weight is 766 g/mol. The van der Waals surface area contributed by atoms with Crippen molar-refractivity contribution in [3.8, 4) is 0 Å². The molecule has 2 aliphatic heterocycles. The molecule has 8 unspecified atom stereocenters. The molecular formula is C37H75N5O11. The maximum atomic E-state index is 12.4. The summed E-state index contributed by atoms with van der Waals surface area (Å²) in [5.41, 5.74) is 17.6. The van der Waals surface area contributed by atoms with Gasteiger partial charge in [-0.15, -0.1) is 0 Å². The number of rotatable bonds is 27. The third kappa shape index (κ3) is 17.3. The van der Waals surface area contributed by atoms with Gasteiger partial charge in [-0.3, -0.25) is 9.63 Å². The van der Waals surface area contributed by atoms with Crippen molar-refractivity contribution in [1.82, 2.24) is 10.4 Å². The first-order valence-electron chi connectivity index (χ1n) is 19.5. The first-order valence-corrected chi connectivity index (χ1v) is 19.5. The zero-order chi connectivity index (χ0) is 39.7. The summed E-state index contributed by atoms with van der Waals surface area (Å²) < 4.78 is 55.7. The standard InChI is InChI=1S/C37H75N5O11/c1-11-35(5,6)33-28(41-26(4)43)23-29(31(50-33)24-48-36(7,8)46-20-18-44-16-14-38)51-34-27(40)22-30(53-42(12-2)13-3)32(52-34)25-49-37(9,10)47-21-19-45-17-15-39/h27-34H,11-25,38-40H2,1-10H3,(H,41,43). The number of nitrogens with zero attached hydrogens (tertiary/aromatic N) is 1. The van der Waals surface area contributed by atoms with E-state index < -0.39 is 48.3 Å². The first kappa shape index (κ1) is 48.1. The Labute approximate surface area is 318 Å². The van der Waals surface area contributed by atoms with Crippen LogP contribution in [-0.2, 0) is 52.3 Å². The van der Waals surface area contributed by atoms with Crippen molar-refractivity contribution in [2.45, 2.75) is 149 Å². The largest absolute Gasteiger partial charge is 0.378 e. The Morgan fingerprint density at radius 3 is 1.75 bits per heavy atom. The average Bonchev–Trinajstić information content (AvgIpc) is 3.10. The molecule has 2 aliphatic rings. The van der Waals surface area contributed by atoms with Crippen molar-refractivity contribution in [2.24, 2.45) is 22.6 Å². The van der Waals surface area contributed by atoms with Gasteiger partial charge in [-0.25, -0.2) is 0 Å². The molecule has 53 heavy (non-hydrogen) atoms. The molecule has 0 aromatic carbocycles. The molecule has 0 aromatic rings. The number of hydrogen-bond donors (Lipinski definition) is 4. The van der Waals surface area contributed by atoms with Crippen molar-refractivity contribution in [2.75, 3.05) is 79.0 Å². The van der Waals surface area contributed by atoms with Crippen LogP contribution in [0.15, 0.2) is 0 Å². The van der Waals surface area contributed by atoms with Gasteiger partial charge in [0.1, 0.15) is 18.3 Å². The molecule has 2 heterocycles. The van der Waals surface area contributed by atoms with E-state index in [1.807, 2.05) is 46.6 Å². The summed E-state index contributed by atoms with van der Waals surface area (Å²) in [6.45, 7) is 24.3. The van der Waals surface area contributed by atoms with E-state index in [-0.39, 0.29) is 36.7 Å². The third-order valence-electron chi connectivity index (χ3n) is 9.60. The highest BCUT2D eigenvalue weighted by atomic mass is 16.8. The number of amides is 1. The van der Waals surface area contributed by atoms with Gasteiger partial charge >= 0.3 is 0 Å². The zero-order valence-electron chi connectivity index (χ0n) is 34.4. The fourth-order valence-corrected chi connectivity index (χ4v) is 6.24. The Balaban J connectivity index is 2.30. The SMILES string of the molecule is CCN(CC)OC1CC(N)C(OC2CC(NC(C)=O)C(C(C)(C)CC)OC2COC(C)(C)OCCOCCN)OC1COC(C)(C)OCCOCCN. The first-order chi connectivity index (χ1) is 25.0. The lowest BCUT2D eigenvalue weighted by atomic mass is 9.76. The van der Waals surface area contributed by atoms with E-state index >= 15 is 0 Å². The lowest BCUT2D eigenvalue weighted by molar-refractivity contribution is -0.328. The molecule has 314 valence electrons. The van der Waals surface area contributed by atoms with Gasteiger partial charge in [0.2, 0.25) is 5.91 Å². The van der Waals surface area contributed by atoms with E-state index in [0.29, 0.717) is 78.7 Å². The van der Waals surface area contributed by atoms with E-state index in [0.717, 1.165) is 6.42 Å². The maximum absolute atomic E-state index is 12.4. The quantitative estimate of drug-likeness (QED) is 0.0537. The smallest absolute Gasteiger partial charge is 0.217 e. The molecule has 8 atom stereocenters. The summed E-state index contributed by atoms with van der Waals surface area (Å²) >= 11 is 0. The molecule has 2 saturated heterocycles. The molecule has 2 fully saturated rings. The third-order valence-corrected chi connectivity index (χ3v) is 9.60. The van der Waals surface area contributed by atoms with E-state index in [1.165, 1.54) is 6.92 Å². The van der Waals surface area contributed by atoms with E-state index in [2.05, 4.69) is 26.1 Å². The van der Waals surface area contributed by atoms with Crippen molar-refractivity contribution in [3.63, 3.8) is 0 Å². The van der Waals surface area contributed by atoms with E-state index in [9.17, 15) is 4.79 Å². The monoisotopic (exact) mass is 766 g/mol. The van der Waals surface area contributed by atoms with Crippen molar-refractivity contribution >= 4 is 5.91 Å². The molecule has 0 radical (unpaired) electrons. The summed E-state index contributed by atoms with van der Waals surface area (Å²) in [5, 5.41) is 5.00. The van der Waals surface area contributed by atoms with Crippen LogP contribution in [0, 0.1) is 5.41 Å². The van der Waals surface area contributed by atoms with Gasteiger partial charge in [0, 0.05) is 33.1 Å². The lowest BCUT2D eigenvalue weighted by Gasteiger charge is -2.49. The molecule has 0 aromatic heterocycles. The van der Waals surface area contributed by atoms with Crippen LogP contribution in [0.1, 0.15) is 88.5 Å². The Morgan fingerprint density at radius 2 is 1.28 bits per heavy atom. The normalized spacial score (nSPS) is 27.4. The maximum Gasteiger partial charge on any atom is 0.217 e. The van der Waals surface area contributed by atoms with E-state index in [1.54, 1.807) is 0 Å². The van der Waals surface area contributed by atoms with Gasteiger partial charge in [0.15, 0.2) is 17.9 Å². The van der Waals surface area contributed by atoms with Crippen LogP contribution in [0.5, 0.6) is 0 Å². The summed E-state index contributed by atoms with van der Waals surface area (Å²) in [7, 11) is 0. The minimum absolute atomic E-state index is 0.148. The van der Waals surface area contributed by atoms with Gasteiger partial charge in [-0.1, -0.05) is 34.6 Å². The number of carbonyl (C=O) groups excluding carboxylic acids is 1. The molecule has 1 amide bonds. The van der Waals surface area contributed by atoms with Gasteiger partial charge < -0.3 is 65.1 Å².